The fraction of sp³-hybridized carbons (Fsp3) is 0.312. The maximum Gasteiger partial charge on any atom is 0.0630 e. The van der Waals surface area contributed by atoms with Crippen LogP contribution in [0.3, 0.4) is 0 Å². The van der Waals surface area contributed by atoms with Gasteiger partial charge < -0.3 is 4.57 Å². The molecular weight excluding hydrogens is 347 g/mol. The van der Waals surface area contributed by atoms with Gasteiger partial charge in [-0.25, -0.2) is 0 Å². The highest BCUT2D eigenvalue weighted by molar-refractivity contribution is 14.1. The minimum atomic E-state index is 0.709. The molecule has 1 fully saturated rings. The Labute approximate surface area is 127 Å². The van der Waals surface area contributed by atoms with E-state index in [4.69, 9.17) is 0 Å². The number of aromatic nitrogens is 1. The van der Waals surface area contributed by atoms with Crippen LogP contribution in [0.2, 0.25) is 0 Å². The summed E-state index contributed by atoms with van der Waals surface area (Å²) in [5.41, 5.74) is 2.19. The van der Waals surface area contributed by atoms with E-state index in [9.17, 15) is 0 Å². The maximum absolute atomic E-state index is 4.52. The number of benzene rings is 1. The molecule has 1 heterocycles. The molecule has 0 radical (unpaired) electrons. The Bertz CT molecular complexity index is 563. The van der Waals surface area contributed by atoms with Crippen molar-refractivity contribution >= 4 is 34.5 Å². The van der Waals surface area contributed by atoms with Gasteiger partial charge in [0.05, 0.1) is 5.69 Å². The molecule has 0 spiro atoms. The average molecular weight is 364 g/mol. The molecule has 19 heavy (non-hydrogen) atoms. The second kappa shape index (κ2) is 5.90. The number of aliphatic imine (C=N–C) groups is 1. The molecule has 0 saturated heterocycles. The van der Waals surface area contributed by atoms with E-state index in [1.165, 1.54) is 34.8 Å². The van der Waals surface area contributed by atoms with Crippen LogP contribution in [-0.2, 0) is 0 Å². The highest BCUT2D eigenvalue weighted by atomic mass is 127. The summed E-state index contributed by atoms with van der Waals surface area (Å²) in [4.78, 5) is 4.52. The molecule has 3 rings (SSSR count). The molecule has 0 N–H and O–H groups in total. The quantitative estimate of drug-likeness (QED) is 0.541. The van der Waals surface area contributed by atoms with Crippen molar-refractivity contribution in [1.29, 1.82) is 0 Å². The molecule has 98 valence electrons. The van der Waals surface area contributed by atoms with Crippen LogP contribution < -0.4 is 0 Å². The Hall–Kier alpha value is -1.10. The first kappa shape index (κ1) is 12.9. The molecular formula is C16H17IN2. The predicted octanol–water partition coefficient (Wildman–Crippen LogP) is 4.96. The zero-order chi connectivity index (χ0) is 13.1. The first-order valence-corrected chi connectivity index (χ1v) is 7.86. The molecule has 2 nitrogen and oxygen atoms in total. The molecule has 1 aliphatic carbocycles. The van der Waals surface area contributed by atoms with E-state index in [0.717, 1.165) is 5.69 Å². The van der Waals surface area contributed by atoms with Crippen molar-refractivity contribution in [2.45, 2.75) is 31.7 Å². The fourth-order valence-corrected chi connectivity index (χ4v) is 2.97. The zero-order valence-electron chi connectivity index (χ0n) is 10.8. The van der Waals surface area contributed by atoms with Crippen LogP contribution in [0, 0.1) is 3.57 Å². The van der Waals surface area contributed by atoms with E-state index in [2.05, 4.69) is 62.7 Å². The van der Waals surface area contributed by atoms with Crippen LogP contribution in [0.5, 0.6) is 0 Å². The lowest BCUT2D eigenvalue weighted by Crippen LogP contribution is -2.00. The molecule has 0 unspecified atom stereocenters. The molecule has 0 aliphatic heterocycles. The number of nitrogens with zero attached hydrogens (tertiary/aromatic N) is 2. The maximum atomic E-state index is 4.52. The van der Waals surface area contributed by atoms with Gasteiger partial charge in [0, 0.05) is 33.8 Å². The third kappa shape index (κ3) is 3.26. The van der Waals surface area contributed by atoms with Gasteiger partial charge in [0.1, 0.15) is 0 Å². The lowest BCUT2D eigenvalue weighted by Gasteiger charge is -2.10. The predicted molar refractivity (Wildman–Crippen MR) is 88.4 cm³/mol. The smallest absolute Gasteiger partial charge is 0.0630 e. The summed E-state index contributed by atoms with van der Waals surface area (Å²) >= 11 is 2.31. The first-order valence-electron chi connectivity index (χ1n) is 6.78. The van der Waals surface area contributed by atoms with Crippen molar-refractivity contribution in [1.82, 2.24) is 4.57 Å². The third-order valence-corrected chi connectivity index (χ3v) is 4.39. The number of halogens is 1. The van der Waals surface area contributed by atoms with Crippen molar-refractivity contribution < 1.29 is 0 Å². The topological polar surface area (TPSA) is 17.3 Å². The Morgan fingerprint density at radius 1 is 1.11 bits per heavy atom. The monoisotopic (exact) mass is 364 g/mol. The summed E-state index contributed by atoms with van der Waals surface area (Å²) in [6.45, 7) is 0. The van der Waals surface area contributed by atoms with Gasteiger partial charge in [0.15, 0.2) is 0 Å². The SMILES string of the molecule is Ic1ccc(N=Cc2ccn(C3CCCC3)c2)cc1. The average Bonchev–Trinajstić information content (AvgIpc) is 3.09. The third-order valence-electron chi connectivity index (χ3n) is 3.67. The number of rotatable bonds is 3. The molecule has 1 aliphatic rings. The highest BCUT2D eigenvalue weighted by Crippen LogP contribution is 2.29. The summed E-state index contributed by atoms with van der Waals surface area (Å²) in [5.74, 6) is 0. The van der Waals surface area contributed by atoms with Gasteiger partial charge in [0.25, 0.3) is 0 Å². The second-order valence-electron chi connectivity index (χ2n) is 5.06. The van der Waals surface area contributed by atoms with Crippen LogP contribution in [-0.4, -0.2) is 10.8 Å². The highest BCUT2D eigenvalue weighted by Gasteiger charge is 2.15. The lowest BCUT2D eigenvalue weighted by atomic mass is 10.2. The van der Waals surface area contributed by atoms with Gasteiger partial charge in [0.2, 0.25) is 0 Å². The lowest BCUT2D eigenvalue weighted by molar-refractivity contribution is 0.521. The Morgan fingerprint density at radius 3 is 2.58 bits per heavy atom. The van der Waals surface area contributed by atoms with Gasteiger partial charge in [-0.15, -0.1) is 0 Å². The van der Waals surface area contributed by atoms with Crippen LogP contribution in [0.15, 0.2) is 47.7 Å². The summed E-state index contributed by atoms with van der Waals surface area (Å²) in [5, 5.41) is 0. The molecule has 0 amide bonds. The Kier molecular flexibility index (Phi) is 4.01. The zero-order valence-corrected chi connectivity index (χ0v) is 13.0. The van der Waals surface area contributed by atoms with Gasteiger partial charge in [-0.05, 0) is 65.8 Å². The molecule has 1 aromatic carbocycles. The summed E-state index contributed by atoms with van der Waals surface area (Å²) in [7, 11) is 0. The minimum Gasteiger partial charge on any atom is -0.351 e. The van der Waals surface area contributed by atoms with Gasteiger partial charge >= 0.3 is 0 Å². The van der Waals surface area contributed by atoms with Crippen molar-refractivity contribution in [2.75, 3.05) is 0 Å². The molecule has 2 aromatic rings. The second-order valence-corrected chi connectivity index (χ2v) is 6.31. The van der Waals surface area contributed by atoms with Crippen molar-refractivity contribution in [3.63, 3.8) is 0 Å². The van der Waals surface area contributed by atoms with E-state index in [0.29, 0.717) is 6.04 Å². The van der Waals surface area contributed by atoms with Crippen LogP contribution in [0.4, 0.5) is 5.69 Å². The molecule has 1 saturated carbocycles. The van der Waals surface area contributed by atoms with E-state index in [1.807, 2.05) is 18.3 Å². The summed E-state index contributed by atoms with van der Waals surface area (Å²) < 4.78 is 3.59. The Balaban J connectivity index is 1.71. The molecule has 1 aromatic heterocycles. The van der Waals surface area contributed by atoms with Crippen molar-refractivity contribution in [2.24, 2.45) is 4.99 Å². The van der Waals surface area contributed by atoms with Crippen molar-refractivity contribution in [3.8, 4) is 0 Å². The van der Waals surface area contributed by atoms with Gasteiger partial charge in [-0.1, -0.05) is 12.8 Å². The largest absolute Gasteiger partial charge is 0.351 e. The minimum absolute atomic E-state index is 0.709. The standard InChI is InChI=1S/C16H17IN2/c17-14-5-7-15(8-6-14)18-11-13-9-10-19(12-13)16-3-1-2-4-16/h5-12,16H,1-4H2. The van der Waals surface area contributed by atoms with E-state index < -0.39 is 0 Å². The molecule has 0 atom stereocenters. The molecule has 0 bridgehead atoms. The normalized spacial score (nSPS) is 16.5. The summed E-state index contributed by atoms with van der Waals surface area (Å²) in [6, 6.07) is 11.1. The number of hydrogen-bond acceptors (Lipinski definition) is 1. The van der Waals surface area contributed by atoms with Gasteiger partial charge in [-0.2, -0.15) is 0 Å². The summed E-state index contributed by atoms with van der Waals surface area (Å²) in [6.07, 6.45) is 11.7. The van der Waals surface area contributed by atoms with E-state index >= 15 is 0 Å². The van der Waals surface area contributed by atoms with Crippen LogP contribution in [0.1, 0.15) is 37.3 Å². The first-order chi connectivity index (χ1) is 9.31. The number of hydrogen-bond donors (Lipinski definition) is 0. The molecule has 3 heteroatoms. The fourth-order valence-electron chi connectivity index (χ4n) is 2.61. The van der Waals surface area contributed by atoms with E-state index in [1.54, 1.807) is 0 Å². The Morgan fingerprint density at radius 2 is 1.84 bits per heavy atom. The van der Waals surface area contributed by atoms with E-state index in [-0.39, 0.29) is 0 Å². The van der Waals surface area contributed by atoms with Crippen LogP contribution >= 0.6 is 22.6 Å². The van der Waals surface area contributed by atoms with Crippen LogP contribution in [0.25, 0.3) is 0 Å². The van der Waals surface area contributed by atoms with Crippen molar-refractivity contribution in [3.05, 3.63) is 51.9 Å². The van der Waals surface area contributed by atoms with Gasteiger partial charge in [-0.3, -0.25) is 4.99 Å².